The van der Waals surface area contributed by atoms with Gasteiger partial charge in [-0.05, 0) is 46.1 Å². The molecule has 5 nitrogen and oxygen atoms in total. The molecule has 2 fully saturated rings. The summed E-state index contributed by atoms with van der Waals surface area (Å²) in [6, 6.07) is 0. The molecule has 2 aliphatic rings. The quantitative estimate of drug-likeness (QED) is 0.778. The number of hydrogen-bond donors (Lipinski definition) is 2. The summed E-state index contributed by atoms with van der Waals surface area (Å²) in [7, 11) is 0. The third-order valence-electron chi connectivity index (χ3n) is 6.43. The summed E-state index contributed by atoms with van der Waals surface area (Å²) in [6.07, 6.45) is 3.20. The summed E-state index contributed by atoms with van der Waals surface area (Å²) in [4.78, 5) is 15.3. The number of ether oxygens (including phenoxy) is 1. The number of hydrogen-bond acceptors (Lipinski definition) is 4. The van der Waals surface area contributed by atoms with Gasteiger partial charge in [0.05, 0.1) is 6.10 Å². The van der Waals surface area contributed by atoms with Gasteiger partial charge in [0.2, 0.25) is 5.91 Å². The number of nitrogens with zero attached hydrogens (tertiary/aromatic N) is 1. The van der Waals surface area contributed by atoms with E-state index in [1.165, 1.54) is 12.8 Å². The Morgan fingerprint density at radius 1 is 1.42 bits per heavy atom. The molecule has 1 saturated heterocycles. The lowest BCUT2D eigenvalue weighted by molar-refractivity contribution is -0.171. The van der Waals surface area contributed by atoms with Crippen LogP contribution in [0, 0.1) is 11.3 Å². The summed E-state index contributed by atoms with van der Waals surface area (Å²) in [5.41, 5.74) is 5.25. The third-order valence-corrected chi connectivity index (χ3v) is 6.43. The Kier molecular flexibility index (Phi) is 5.68. The second-order valence-electron chi connectivity index (χ2n) is 9.03. The highest BCUT2D eigenvalue weighted by atomic mass is 16.5. The standard InChI is InChI=1S/C19H37N3O2/c1-7-24-15-11-19(20,18(15,5)6)16(23)21-13-17(3,4)22-10-8-9-14(2)12-22/h14-15H,7-13,20H2,1-6H3,(H,21,23). The number of rotatable bonds is 6. The zero-order chi connectivity index (χ0) is 18.2. The average molecular weight is 340 g/mol. The molecule has 3 N–H and O–H groups in total. The molecule has 5 heteroatoms. The van der Waals surface area contributed by atoms with Crippen molar-refractivity contribution in [3.8, 4) is 0 Å². The van der Waals surface area contributed by atoms with Crippen molar-refractivity contribution in [1.82, 2.24) is 10.2 Å². The van der Waals surface area contributed by atoms with Crippen molar-refractivity contribution >= 4 is 5.91 Å². The fourth-order valence-corrected chi connectivity index (χ4v) is 4.13. The largest absolute Gasteiger partial charge is 0.378 e. The number of carbonyl (C=O) groups is 1. The maximum Gasteiger partial charge on any atom is 0.240 e. The van der Waals surface area contributed by atoms with E-state index in [1.807, 2.05) is 20.8 Å². The van der Waals surface area contributed by atoms with Gasteiger partial charge in [-0.15, -0.1) is 0 Å². The van der Waals surface area contributed by atoms with Crippen LogP contribution in [0.15, 0.2) is 0 Å². The topological polar surface area (TPSA) is 67.6 Å². The Morgan fingerprint density at radius 3 is 2.62 bits per heavy atom. The van der Waals surface area contributed by atoms with Gasteiger partial charge in [-0.2, -0.15) is 0 Å². The van der Waals surface area contributed by atoms with Gasteiger partial charge in [-0.1, -0.05) is 20.8 Å². The minimum atomic E-state index is -0.835. The van der Waals surface area contributed by atoms with Crippen LogP contribution in [0.4, 0.5) is 0 Å². The van der Waals surface area contributed by atoms with Crippen LogP contribution in [-0.4, -0.2) is 54.2 Å². The zero-order valence-electron chi connectivity index (χ0n) is 16.4. The molecule has 1 amide bonds. The van der Waals surface area contributed by atoms with Gasteiger partial charge in [-0.3, -0.25) is 9.69 Å². The highest BCUT2D eigenvalue weighted by Gasteiger charge is 2.62. The van der Waals surface area contributed by atoms with Crippen LogP contribution >= 0.6 is 0 Å². The molecule has 0 aromatic rings. The molecule has 24 heavy (non-hydrogen) atoms. The van der Waals surface area contributed by atoms with Gasteiger partial charge >= 0.3 is 0 Å². The monoisotopic (exact) mass is 339 g/mol. The van der Waals surface area contributed by atoms with Gasteiger partial charge in [0.15, 0.2) is 0 Å². The molecule has 0 aromatic heterocycles. The summed E-state index contributed by atoms with van der Waals surface area (Å²) in [6.45, 7) is 16.3. The van der Waals surface area contributed by atoms with Crippen LogP contribution < -0.4 is 11.1 Å². The second-order valence-corrected chi connectivity index (χ2v) is 9.03. The zero-order valence-corrected chi connectivity index (χ0v) is 16.4. The first-order valence-electron chi connectivity index (χ1n) is 9.48. The van der Waals surface area contributed by atoms with E-state index in [4.69, 9.17) is 10.5 Å². The van der Waals surface area contributed by atoms with E-state index in [2.05, 4.69) is 31.0 Å². The van der Waals surface area contributed by atoms with E-state index in [0.29, 0.717) is 19.6 Å². The van der Waals surface area contributed by atoms with E-state index in [0.717, 1.165) is 19.0 Å². The fourth-order valence-electron chi connectivity index (χ4n) is 4.13. The molecule has 140 valence electrons. The number of likely N-dealkylation sites (tertiary alicyclic amines) is 1. The van der Waals surface area contributed by atoms with Crippen molar-refractivity contribution in [2.75, 3.05) is 26.2 Å². The molecule has 3 atom stereocenters. The van der Waals surface area contributed by atoms with Crippen molar-refractivity contribution in [3.05, 3.63) is 0 Å². The number of carbonyl (C=O) groups excluding carboxylic acids is 1. The van der Waals surface area contributed by atoms with Crippen molar-refractivity contribution in [1.29, 1.82) is 0 Å². The number of nitrogens with one attached hydrogen (secondary N) is 1. The SMILES string of the molecule is CCOC1CC(N)(C(=O)NCC(C)(C)N2CCCC(C)C2)C1(C)C. The number of piperidine rings is 1. The van der Waals surface area contributed by atoms with Gasteiger partial charge in [-0.25, -0.2) is 0 Å². The highest BCUT2D eigenvalue weighted by molar-refractivity contribution is 5.88. The van der Waals surface area contributed by atoms with E-state index in [9.17, 15) is 4.79 Å². The molecule has 0 aromatic carbocycles. The molecule has 0 spiro atoms. The molecule has 1 heterocycles. The van der Waals surface area contributed by atoms with Gasteiger partial charge in [0.1, 0.15) is 5.54 Å². The molecule has 2 rings (SSSR count). The van der Waals surface area contributed by atoms with Gasteiger partial charge in [0, 0.05) is 37.1 Å². The van der Waals surface area contributed by atoms with Gasteiger partial charge < -0.3 is 15.8 Å². The summed E-state index contributed by atoms with van der Waals surface area (Å²) in [5, 5.41) is 3.13. The highest BCUT2D eigenvalue weighted by Crippen LogP contribution is 2.49. The van der Waals surface area contributed by atoms with E-state index >= 15 is 0 Å². The molecule has 3 unspecified atom stereocenters. The van der Waals surface area contributed by atoms with Crippen LogP contribution in [-0.2, 0) is 9.53 Å². The summed E-state index contributed by atoms with van der Waals surface area (Å²) in [5.74, 6) is 0.689. The van der Waals surface area contributed by atoms with Crippen LogP contribution in [0.2, 0.25) is 0 Å². The van der Waals surface area contributed by atoms with Crippen LogP contribution in [0.1, 0.15) is 60.8 Å². The van der Waals surface area contributed by atoms with Crippen molar-refractivity contribution in [2.24, 2.45) is 17.1 Å². The number of amides is 1. The normalized spacial score (nSPS) is 33.8. The summed E-state index contributed by atoms with van der Waals surface area (Å²) >= 11 is 0. The Morgan fingerprint density at radius 2 is 2.08 bits per heavy atom. The Hall–Kier alpha value is -0.650. The van der Waals surface area contributed by atoms with Crippen molar-refractivity contribution < 1.29 is 9.53 Å². The van der Waals surface area contributed by atoms with Crippen LogP contribution in [0.5, 0.6) is 0 Å². The van der Waals surface area contributed by atoms with E-state index < -0.39 is 5.54 Å². The third kappa shape index (κ3) is 3.49. The first-order valence-corrected chi connectivity index (χ1v) is 9.48. The van der Waals surface area contributed by atoms with Crippen LogP contribution in [0.25, 0.3) is 0 Å². The predicted octanol–water partition coefficient (Wildman–Crippen LogP) is 2.15. The minimum Gasteiger partial charge on any atom is -0.378 e. The molecule has 1 aliphatic heterocycles. The molecular weight excluding hydrogens is 302 g/mol. The van der Waals surface area contributed by atoms with Crippen LogP contribution in [0.3, 0.4) is 0 Å². The van der Waals surface area contributed by atoms with E-state index in [1.54, 1.807) is 0 Å². The molecular formula is C19H37N3O2. The second kappa shape index (κ2) is 6.93. The first-order chi connectivity index (χ1) is 11.0. The molecule has 0 bridgehead atoms. The summed E-state index contributed by atoms with van der Waals surface area (Å²) < 4.78 is 5.72. The average Bonchev–Trinajstić information content (AvgIpc) is 2.52. The predicted molar refractivity (Wildman–Crippen MR) is 97.8 cm³/mol. The van der Waals surface area contributed by atoms with E-state index in [-0.39, 0.29) is 23.0 Å². The lowest BCUT2D eigenvalue weighted by atomic mass is 9.54. The maximum absolute atomic E-state index is 12.8. The lowest BCUT2D eigenvalue weighted by Crippen LogP contribution is -2.76. The smallest absolute Gasteiger partial charge is 0.240 e. The van der Waals surface area contributed by atoms with Gasteiger partial charge in [0.25, 0.3) is 0 Å². The van der Waals surface area contributed by atoms with Crippen molar-refractivity contribution in [2.45, 2.75) is 78.0 Å². The first kappa shape index (κ1) is 19.7. The Labute approximate surface area is 147 Å². The minimum absolute atomic E-state index is 0.0402. The number of nitrogens with two attached hydrogens (primary N) is 1. The Bertz CT molecular complexity index is 464. The maximum atomic E-state index is 12.8. The molecule has 0 radical (unpaired) electrons. The lowest BCUT2D eigenvalue weighted by Gasteiger charge is -2.57. The van der Waals surface area contributed by atoms with Crippen molar-refractivity contribution in [3.63, 3.8) is 0 Å². The fraction of sp³-hybridized carbons (Fsp3) is 0.947. The molecule has 1 saturated carbocycles. The molecule has 1 aliphatic carbocycles. The Balaban J connectivity index is 1.93.